The molecule has 5 rings (SSSR count). The number of primary sulfonamides is 1. The van der Waals surface area contributed by atoms with E-state index in [0.717, 1.165) is 12.8 Å². The molecule has 4 fully saturated rings. The van der Waals surface area contributed by atoms with E-state index < -0.39 is 20.4 Å². The first kappa shape index (κ1) is 21.4. The molecule has 4 aliphatic rings. The maximum atomic E-state index is 12.4. The van der Waals surface area contributed by atoms with E-state index >= 15 is 0 Å². The number of amidine groups is 1. The normalized spacial score (nSPS) is 32.5. The monoisotopic (exact) mass is 450 g/mol. The molecule has 162 valence electrons. The summed E-state index contributed by atoms with van der Waals surface area (Å²) in [5.41, 5.74) is -1.06. The third-order valence-corrected chi connectivity index (χ3v) is 9.10. The molecule has 4 aliphatic carbocycles. The van der Waals surface area contributed by atoms with E-state index in [2.05, 4.69) is 6.19 Å². The number of hydrogen-bond donors (Lipinski definition) is 2. The quantitative estimate of drug-likeness (QED) is 0.308. The number of halogens is 1. The van der Waals surface area contributed by atoms with Crippen molar-refractivity contribution in [2.75, 3.05) is 0 Å². The molecule has 0 aliphatic heterocycles. The Labute approximate surface area is 182 Å². The van der Waals surface area contributed by atoms with Crippen molar-refractivity contribution in [1.82, 2.24) is 4.90 Å². The van der Waals surface area contributed by atoms with Gasteiger partial charge in [0.1, 0.15) is 5.75 Å². The summed E-state index contributed by atoms with van der Waals surface area (Å²) in [6.07, 6.45) is 5.50. The third-order valence-electron chi connectivity index (χ3n) is 7.16. The van der Waals surface area contributed by atoms with Crippen molar-refractivity contribution in [2.24, 2.45) is 22.9 Å². The molecule has 0 aromatic heterocycles. The van der Waals surface area contributed by atoms with Gasteiger partial charge in [0, 0.05) is 5.02 Å². The molecule has 0 spiro atoms. The number of benzene rings is 1. The molecule has 0 heterocycles. The van der Waals surface area contributed by atoms with Crippen molar-refractivity contribution >= 4 is 27.5 Å². The summed E-state index contributed by atoms with van der Waals surface area (Å²) in [5.74, 6) is 0.955. The predicted molar refractivity (Wildman–Crippen MR) is 115 cm³/mol. The fraction of sp³-hybridized carbons (Fsp3) is 0.619. The zero-order chi connectivity index (χ0) is 21.9. The van der Waals surface area contributed by atoms with E-state index in [1.165, 1.54) is 4.90 Å². The second-order valence-corrected chi connectivity index (χ2v) is 12.0. The van der Waals surface area contributed by atoms with Crippen molar-refractivity contribution in [2.45, 2.75) is 62.3 Å². The van der Waals surface area contributed by atoms with Gasteiger partial charge >= 0.3 is 0 Å². The topological polar surface area (TPSA) is 120 Å². The first-order valence-electron chi connectivity index (χ1n) is 10.2. The summed E-state index contributed by atoms with van der Waals surface area (Å²) in [6, 6.07) is 6.74. The minimum atomic E-state index is -3.66. The minimum Gasteiger partial charge on any atom is -0.480 e. The second-order valence-electron chi connectivity index (χ2n) is 9.58. The maximum absolute atomic E-state index is 12.4. The number of hydrogen-bond acceptors (Lipinski definition) is 5. The van der Waals surface area contributed by atoms with Crippen LogP contribution >= 0.6 is 11.6 Å². The Bertz CT molecular complexity index is 1000. The van der Waals surface area contributed by atoms with Crippen molar-refractivity contribution in [3.05, 3.63) is 29.3 Å². The molecule has 7 nitrogen and oxygen atoms in total. The van der Waals surface area contributed by atoms with Crippen LogP contribution in [0.4, 0.5) is 0 Å². The minimum absolute atomic E-state index is 0.0246. The van der Waals surface area contributed by atoms with Crippen LogP contribution in [0.5, 0.6) is 5.75 Å². The number of nitriles is 1. The van der Waals surface area contributed by atoms with Gasteiger partial charge in [0.15, 0.2) is 17.6 Å². The average molecular weight is 451 g/mol. The molecule has 3 N–H and O–H groups in total. The summed E-state index contributed by atoms with van der Waals surface area (Å²) in [5, 5.41) is 25.0. The number of nitrogens with two attached hydrogens (primary N) is 1. The fourth-order valence-corrected chi connectivity index (χ4v) is 7.66. The lowest BCUT2D eigenvalue weighted by Crippen LogP contribution is -2.66. The number of nitrogens with one attached hydrogen (secondary N) is 1. The highest BCUT2D eigenvalue weighted by molar-refractivity contribution is 7.90. The first-order chi connectivity index (χ1) is 14.0. The highest BCUT2D eigenvalue weighted by Crippen LogP contribution is 2.59. The maximum Gasteiger partial charge on any atom is 0.214 e. The highest BCUT2D eigenvalue weighted by atomic mass is 35.5. The Morgan fingerprint density at radius 1 is 1.33 bits per heavy atom. The van der Waals surface area contributed by atoms with Crippen LogP contribution < -0.4 is 9.88 Å². The SMILES string of the molecule is CC(C)(Oc1cccc(Cl)c1)C(=N)N(C#N)C1C2CC3CC1CC(S(N)(=O)=O)(C3)C2. The zero-order valence-corrected chi connectivity index (χ0v) is 18.7. The van der Waals surface area contributed by atoms with E-state index in [1.807, 2.05) is 0 Å². The van der Waals surface area contributed by atoms with Crippen LogP contribution in [0.3, 0.4) is 0 Å². The Morgan fingerprint density at radius 2 is 1.97 bits per heavy atom. The van der Waals surface area contributed by atoms with E-state index in [9.17, 15) is 13.7 Å². The van der Waals surface area contributed by atoms with Gasteiger partial charge in [-0.05, 0) is 81.9 Å². The smallest absolute Gasteiger partial charge is 0.214 e. The summed E-state index contributed by atoms with van der Waals surface area (Å²) in [6.45, 7) is 3.50. The van der Waals surface area contributed by atoms with Crippen LogP contribution in [-0.2, 0) is 10.0 Å². The molecule has 0 amide bonds. The molecule has 1 aromatic carbocycles. The van der Waals surface area contributed by atoms with Gasteiger partial charge in [0.2, 0.25) is 10.0 Å². The Kier molecular flexibility index (Phi) is 5.08. The van der Waals surface area contributed by atoms with Crippen LogP contribution in [0.25, 0.3) is 0 Å². The summed E-state index contributed by atoms with van der Waals surface area (Å²) in [4.78, 5) is 1.45. The van der Waals surface area contributed by atoms with Crippen LogP contribution in [0.1, 0.15) is 46.0 Å². The van der Waals surface area contributed by atoms with Crippen LogP contribution in [-0.4, -0.2) is 35.5 Å². The van der Waals surface area contributed by atoms with Gasteiger partial charge in [-0.2, -0.15) is 5.26 Å². The Hall–Kier alpha value is -1.82. The van der Waals surface area contributed by atoms with Crippen LogP contribution in [0, 0.1) is 34.6 Å². The van der Waals surface area contributed by atoms with Crippen molar-refractivity contribution in [3.8, 4) is 11.9 Å². The lowest BCUT2D eigenvalue weighted by atomic mass is 9.53. The molecule has 4 bridgehead atoms. The molecule has 9 heteroatoms. The van der Waals surface area contributed by atoms with E-state index in [-0.39, 0.29) is 23.7 Å². The molecule has 2 unspecified atom stereocenters. The van der Waals surface area contributed by atoms with Gasteiger partial charge in [-0.25, -0.2) is 13.6 Å². The largest absolute Gasteiger partial charge is 0.480 e. The first-order valence-corrected chi connectivity index (χ1v) is 12.1. The third kappa shape index (κ3) is 3.47. The molecule has 2 atom stereocenters. The molecule has 1 aromatic rings. The second kappa shape index (κ2) is 7.11. The van der Waals surface area contributed by atoms with E-state index in [1.54, 1.807) is 38.1 Å². The molecular weight excluding hydrogens is 424 g/mol. The van der Waals surface area contributed by atoms with Crippen molar-refractivity contribution in [1.29, 1.82) is 10.7 Å². The van der Waals surface area contributed by atoms with Gasteiger partial charge in [-0.15, -0.1) is 0 Å². The average Bonchev–Trinajstić information content (AvgIpc) is 2.62. The summed E-state index contributed by atoms with van der Waals surface area (Å²) < 4.78 is 29.9. The Balaban J connectivity index is 1.59. The van der Waals surface area contributed by atoms with Crippen LogP contribution in [0.2, 0.25) is 5.02 Å². The van der Waals surface area contributed by atoms with Gasteiger partial charge in [0.05, 0.1) is 10.8 Å². The standard InChI is InChI=1S/C21H27ClN4O3S/c1-20(2,29-17-5-3-4-16(22)8-17)19(24)26(12-23)18-14-6-13-7-15(18)11-21(9-13,10-14)30(25,27)28/h3-5,8,13-15,18,24H,6-7,9-11H2,1-2H3,(H2,25,27,28). The lowest BCUT2D eigenvalue weighted by molar-refractivity contribution is -0.0244. The van der Waals surface area contributed by atoms with Crippen LogP contribution in [0.15, 0.2) is 24.3 Å². The number of ether oxygens (including phenoxy) is 1. The number of sulfonamides is 1. The summed E-state index contributed by atoms with van der Waals surface area (Å²) >= 11 is 6.04. The van der Waals surface area contributed by atoms with Crippen molar-refractivity contribution < 1.29 is 13.2 Å². The van der Waals surface area contributed by atoms with Gasteiger partial charge in [-0.3, -0.25) is 10.3 Å². The Morgan fingerprint density at radius 3 is 2.50 bits per heavy atom. The van der Waals surface area contributed by atoms with E-state index in [4.69, 9.17) is 26.9 Å². The molecular formula is C21H27ClN4O3S. The van der Waals surface area contributed by atoms with Gasteiger partial charge in [-0.1, -0.05) is 17.7 Å². The molecule has 0 saturated heterocycles. The molecule has 30 heavy (non-hydrogen) atoms. The van der Waals surface area contributed by atoms with Crippen molar-refractivity contribution in [3.63, 3.8) is 0 Å². The van der Waals surface area contributed by atoms with Gasteiger partial charge in [0.25, 0.3) is 0 Å². The summed E-state index contributed by atoms with van der Waals surface area (Å²) in [7, 11) is -3.66. The fourth-order valence-electron chi connectivity index (χ4n) is 6.12. The molecule has 0 radical (unpaired) electrons. The lowest BCUT2D eigenvalue weighted by Gasteiger charge is -2.60. The van der Waals surface area contributed by atoms with Gasteiger partial charge < -0.3 is 4.74 Å². The van der Waals surface area contributed by atoms with E-state index in [0.29, 0.717) is 36.0 Å². The number of rotatable bonds is 5. The zero-order valence-electron chi connectivity index (χ0n) is 17.1. The highest BCUT2D eigenvalue weighted by Gasteiger charge is 2.61. The predicted octanol–water partition coefficient (Wildman–Crippen LogP) is 3.49. The molecule has 4 saturated carbocycles. The number of nitrogens with zero attached hydrogens (tertiary/aromatic N) is 2.